The van der Waals surface area contributed by atoms with Crippen LogP contribution in [-0.2, 0) is 4.79 Å². The van der Waals surface area contributed by atoms with E-state index in [9.17, 15) is 4.79 Å². The van der Waals surface area contributed by atoms with E-state index in [0.29, 0.717) is 6.54 Å². The van der Waals surface area contributed by atoms with Crippen molar-refractivity contribution in [2.24, 2.45) is 4.99 Å². The Labute approximate surface area is 82.8 Å². The fourth-order valence-electron chi connectivity index (χ4n) is 0.677. The lowest BCUT2D eigenvalue weighted by Gasteiger charge is -1.80. The van der Waals surface area contributed by atoms with Crippen LogP contribution in [0, 0.1) is 0 Å². The minimum Gasteiger partial charge on any atom is -0.211 e. The molecule has 0 aliphatic heterocycles. The Kier molecular flexibility index (Phi) is 3.94. The van der Waals surface area contributed by atoms with E-state index in [-0.39, 0.29) is 0 Å². The summed E-state index contributed by atoms with van der Waals surface area (Å²) >= 11 is 4.99. The molecule has 1 heterocycles. The molecule has 0 radical (unpaired) electrons. The minimum atomic E-state index is 0.402. The molecule has 4 heteroatoms. The Bertz CT molecular complexity index is 326. The van der Waals surface area contributed by atoms with Gasteiger partial charge in [-0.3, -0.25) is 0 Å². The summed E-state index contributed by atoms with van der Waals surface area (Å²) in [5.74, 6) is 0. The van der Waals surface area contributed by atoms with Gasteiger partial charge >= 0.3 is 0 Å². The first-order chi connectivity index (χ1) is 5.83. The van der Waals surface area contributed by atoms with Crippen LogP contribution in [0.1, 0.15) is 4.88 Å². The van der Waals surface area contributed by atoms with Gasteiger partial charge in [0.15, 0.2) is 0 Å². The fraction of sp³-hybridized carbons (Fsp3) is 0.125. The standard InChI is InChI=1S/C8H6BrNOS/c9-8-4-3-7(12-8)2-1-5-10-6-11/h1-4H,5H2/b2-1-. The molecule has 12 heavy (non-hydrogen) atoms. The highest BCUT2D eigenvalue weighted by Crippen LogP contribution is 2.22. The largest absolute Gasteiger partial charge is 0.235 e. The molecular formula is C8H6BrNOS. The van der Waals surface area contributed by atoms with E-state index in [1.165, 1.54) is 6.08 Å². The van der Waals surface area contributed by atoms with Gasteiger partial charge in [0, 0.05) is 4.88 Å². The smallest absolute Gasteiger partial charge is 0.211 e. The Morgan fingerprint density at radius 2 is 2.50 bits per heavy atom. The fourth-order valence-corrected chi connectivity index (χ4v) is 2.03. The molecule has 0 bridgehead atoms. The van der Waals surface area contributed by atoms with E-state index >= 15 is 0 Å². The van der Waals surface area contributed by atoms with Crippen molar-refractivity contribution in [3.8, 4) is 0 Å². The molecule has 62 valence electrons. The number of isocyanates is 1. The van der Waals surface area contributed by atoms with Crippen molar-refractivity contribution >= 4 is 39.4 Å². The van der Waals surface area contributed by atoms with Gasteiger partial charge in [-0.15, -0.1) is 11.3 Å². The lowest BCUT2D eigenvalue weighted by molar-refractivity contribution is 0.564. The maximum atomic E-state index is 9.69. The SMILES string of the molecule is O=C=NC/C=C\c1ccc(Br)s1. The average Bonchev–Trinajstić information content (AvgIpc) is 2.45. The van der Waals surface area contributed by atoms with Crippen LogP contribution in [0.5, 0.6) is 0 Å². The maximum Gasteiger partial charge on any atom is 0.235 e. The Balaban J connectivity index is 2.51. The van der Waals surface area contributed by atoms with Crippen molar-refractivity contribution in [3.63, 3.8) is 0 Å². The van der Waals surface area contributed by atoms with Gasteiger partial charge in [0.05, 0.1) is 10.3 Å². The molecule has 1 aromatic heterocycles. The van der Waals surface area contributed by atoms with E-state index in [1.807, 2.05) is 24.3 Å². The van der Waals surface area contributed by atoms with Crippen LogP contribution < -0.4 is 0 Å². The van der Waals surface area contributed by atoms with Gasteiger partial charge in [0.1, 0.15) is 0 Å². The van der Waals surface area contributed by atoms with Crippen molar-refractivity contribution in [3.05, 3.63) is 26.9 Å². The molecule has 0 spiro atoms. The number of carbonyl (C=O) groups excluding carboxylic acids is 1. The highest BCUT2D eigenvalue weighted by Gasteiger charge is 1.90. The molecule has 0 atom stereocenters. The van der Waals surface area contributed by atoms with Crippen LogP contribution in [0.2, 0.25) is 0 Å². The van der Waals surface area contributed by atoms with Gasteiger partial charge in [0.25, 0.3) is 0 Å². The van der Waals surface area contributed by atoms with Gasteiger partial charge in [-0.05, 0) is 34.1 Å². The lowest BCUT2D eigenvalue weighted by Crippen LogP contribution is -1.67. The maximum absolute atomic E-state index is 9.69. The zero-order valence-electron chi connectivity index (χ0n) is 6.16. The van der Waals surface area contributed by atoms with Gasteiger partial charge in [-0.1, -0.05) is 6.08 Å². The number of thiophene rings is 1. The van der Waals surface area contributed by atoms with Gasteiger partial charge in [0.2, 0.25) is 6.08 Å². The first kappa shape index (κ1) is 9.39. The Hall–Kier alpha value is -0.700. The summed E-state index contributed by atoms with van der Waals surface area (Å²) in [5.41, 5.74) is 0. The molecule has 1 rings (SSSR count). The van der Waals surface area contributed by atoms with Crippen molar-refractivity contribution in [1.29, 1.82) is 0 Å². The van der Waals surface area contributed by atoms with E-state index < -0.39 is 0 Å². The average molecular weight is 244 g/mol. The Morgan fingerprint density at radius 3 is 3.08 bits per heavy atom. The van der Waals surface area contributed by atoms with Crippen LogP contribution in [0.25, 0.3) is 6.08 Å². The monoisotopic (exact) mass is 243 g/mol. The van der Waals surface area contributed by atoms with Crippen molar-refractivity contribution in [1.82, 2.24) is 0 Å². The molecule has 0 aliphatic rings. The third kappa shape index (κ3) is 3.13. The number of rotatable bonds is 3. The van der Waals surface area contributed by atoms with Crippen LogP contribution in [0.4, 0.5) is 0 Å². The lowest BCUT2D eigenvalue weighted by atomic mass is 10.4. The number of hydrogen-bond acceptors (Lipinski definition) is 3. The van der Waals surface area contributed by atoms with Gasteiger partial charge in [-0.2, -0.15) is 0 Å². The summed E-state index contributed by atoms with van der Waals surface area (Å²) in [4.78, 5) is 14.2. The molecule has 0 aromatic carbocycles. The summed E-state index contributed by atoms with van der Waals surface area (Å²) in [6, 6.07) is 3.98. The van der Waals surface area contributed by atoms with Crippen LogP contribution >= 0.6 is 27.3 Å². The summed E-state index contributed by atoms with van der Waals surface area (Å²) in [6.45, 7) is 0.402. The second kappa shape index (κ2) is 5.04. The highest BCUT2D eigenvalue weighted by atomic mass is 79.9. The molecule has 0 fully saturated rings. The van der Waals surface area contributed by atoms with Crippen LogP contribution in [0.3, 0.4) is 0 Å². The summed E-state index contributed by atoms with van der Waals surface area (Å²) in [5, 5.41) is 0. The zero-order valence-corrected chi connectivity index (χ0v) is 8.56. The van der Waals surface area contributed by atoms with E-state index in [2.05, 4.69) is 20.9 Å². The number of halogens is 1. The molecule has 0 saturated heterocycles. The molecule has 0 amide bonds. The molecule has 0 aliphatic carbocycles. The third-order valence-electron chi connectivity index (χ3n) is 1.14. The number of hydrogen-bond donors (Lipinski definition) is 0. The summed E-state index contributed by atoms with van der Waals surface area (Å²) < 4.78 is 1.10. The molecule has 0 unspecified atom stereocenters. The van der Waals surface area contributed by atoms with Crippen molar-refractivity contribution in [2.45, 2.75) is 0 Å². The molecular weight excluding hydrogens is 238 g/mol. The minimum absolute atomic E-state index is 0.402. The number of nitrogens with zero attached hydrogens (tertiary/aromatic N) is 1. The van der Waals surface area contributed by atoms with Crippen molar-refractivity contribution in [2.75, 3.05) is 6.54 Å². The van der Waals surface area contributed by atoms with Crippen molar-refractivity contribution < 1.29 is 4.79 Å². The number of aliphatic imine (C=N–C) groups is 1. The normalized spacial score (nSPS) is 10.1. The summed E-state index contributed by atoms with van der Waals surface area (Å²) in [7, 11) is 0. The zero-order chi connectivity index (χ0) is 8.81. The highest BCUT2D eigenvalue weighted by molar-refractivity contribution is 9.11. The summed E-state index contributed by atoms with van der Waals surface area (Å²) in [6.07, 6.45) is 5.23. The molecule has 1 aromatic rings. The molecule has 0 saturated carbocycles. The van der Waals surface area contributed by atoms with Crippen LogP contribution in [-0.4, -0.2) is 12.6 Å². The Morgan fingerprint density at radius 1 is 1.67 bits per heavy atom. The predicted molar refractivity (Wildman–Crippen MR) is 54.0 cm³/mol. The second-order valence-corrected chi connectivity index (χ2v) is 4.47. The second-order valence-electron chi connectivity index (χ2n) is 1.98. The third-order valence-corrected chi connectivity index (χ3v) is 2.73. The molecule has 2 nitrogen and oxygen atoms in total. The predicted octanol–water partition coefficient (Wildman–Crippen LogP) is 2.86. The first-order valence-corrected chi connectivity index (χ1v) is 4.89. The van der Waals surface area contributed by atoms with Gasteiger partial charge < -0.3 is 0 Å². The molecule has 0 N–H and O–H groups in total. The topological polar surface area (TPSA) is 29.4 Å². The van der Waals surface area contributed by atoms with Crippen LogP contribution in [0.15, 0.2) is 27.0 Å². The quantitative estimate of drug-likeness (QED) is 0.593. The van der Waals surface area contributed by atoms with E-state index in [0.717, 1.165) is 8.66 Å². The van der Waals surface area contributed by atoms with Gasteiger partial charge in [-0.25, -0.2) is 9.79 Å². The first-order valence-electron chi connectivity index (χ1n) is 3.28. The van der Waals surface area contributed by atoms with E-state index in [4.69, 9.17) is 0 Å². The van der Waals surface area contributed by atoms with E-state index in [1.54, 1.807) is 11.3 Å².